The third-order valence-corrected chi connectivity index (χ3v) is 4.30. The number of anilines is 1. The zero-order chi connectivity index (χ0) is 17.3. The highest BCUT2D eigenvalue weighted by atomic mass is 32.1. The summed E-state index contributed by atoms with van der Waals surface area (Å²) in [6, 6.07) is 7.30. The Bertz CT molecular complexity index is 500. The summed E-state index contributed by atoms with van der Waals surface area (Å²) in [5.41, 5.74) is 1.55. The lowest BCUT2D eigenvalue weighted by Gasteiger charge is -2.42. The molecule has 0 N–H and O–H groups in total. The van der Waals surface area contributed by atoms with Gasteiger partial charge in [-0.2, -0.15) is 0 Å². The van der Waals surface area contributed by atoms with Gasteiger partial charge in [-0.15, -0.1) is 4.91 Å². The summed E-state index contributed by atoms with van der Waals surface area (Å²) in [5.74, 6) is -0.280. The summed E-state index contributed by atoms with van der Waals surface area (Å²) in [6.45, 7) is 8.53. The molecular weight excluding hydrogens is 314 g/mol. The fourth-order valence-electron chi connectivity index (χ4n) is 2.56. The van der Waals surface area contributed by atoms with Crippen molar-refractivity contribution in [1.29, 1.82) is 0 Å². The standard InChI is InChI=1S/C14H19N3O3S.C2H6/c1-17(9-6-14(18)20-21)10-7-16(8-11-17)13-4-2-12(15-19)3-5-13;1-2/h2-5H,6-11H2,1H3;1-2H3/p+1. The van der Waals surface area contributed by atoms with E-state index in [0.717, 1.165) is 42.9 Å². The molecule has 0 unspecified atom stereocenters. The van der Waals surface area contributed by atoms with E-state index in [2.05, 4.69) is 34.2 Å². The molecule has 1 aliphatic heterocycles. The molecule has 0 amide bonds. The second-order valence-corrected chi connectivity index (χ2v) is 5.78. The molecule has 1 saturated heterocycles. The van der Waals surface area contributed by atoms with Crippen LogP contribution in [-0.4, -0.2) is 50.2 Å². The molecular formula is C16H26N3O3S+. The van der Waals surface area contributed by atoms with Crippen molar-refractivity contribution < 1.29 is 13.5 Å². The number of nitroso groups, excluding NO2 is 1. The van der Waals surface area contributed by atoms with Crippen molar-refractivity contribution in [3.63, 3.8) is 0 Å². The van der Waals surface area contributed by atoms with Crippen molar-refractivity contribution in [3.05, 3.63) is 29.2 Å². The molecule has 1 heterocycles. The van der Waals surface area contributed by atoms with E-state index >= 15 is 0 Å². The minimum absolute atomic E-state index is 0.280. The van der Waals surface area contributed by atoms with Crippen LogP contribution in [0.4, 0.5) is 11.4 Å². The predicted octanol–water partition coefficient (Wildman–Crippen LogP) is 3.16. The Hall–Kier alpha value is -1.60. The summed E-state index contributed by atoms with van der Waals surface area (Å²) in [7, 11) is 2.16. The Morgan fingerprint density at radius 2 is 1.83 bits per heavy atom. The zero-order valence-electron chi connectivity index (χ0n) is 14.1. The number of likely N-dealkylation sites (N-methyl/N-ethyl adjacent to an activating group) is 1. The third-order valence-electron chi connectivity index (χ3n) is 4.10. The summed E-state index contributed by atoms with van der Waals surface area (Å²) < 4.78 is 5.25. The summed E-state index contributed by atoms with van der Waals surface area (Å²) in [5, 5.41) is 2.91. The molecule has 0 atom stereocenters. The largest absolute Gasteiger partial charge is 0.394 e. The number of thiol groups is 1. The first kappa shape index (κ1) is 19.4. The summed E-state index contributed by atoms with van der Waals surface area (Å²) in [6.07, 6.45) is 0.389. The second-order valence-electron chi connectivity index (χ2n) is 5.60. The minimum atomic E-state index is -0.280. The van der Waals surface area contributed by atoms with Gasteiger partial charge in [0.2, 0.25) is 0 Å². The van der Waals surface area contributed by atoms with Crippen molar-refractivity contribution in [3.8, 4) is 0 Å². The van der Waals surface area contributed by atoms with Gasteiger partial charge in [0.25, 0.3) is 0 Å². The van der Waals surface area contributed by atoms with Crippen LogP contribution in [0, 0.1) is 4.91 Å². The fraction of sp³-hybridized carbons (Fsp3) is 0.562. The van der Waals surface area contributed by atoms with Gasteiger partial charge < -0.3 is 13.6 Å². The van der Waals surface area contributed by atoms with Crippen LogP contribution in [-0.2, 0) is 8.98 Å². The number of piperazine rings is 1. The Morgan fingerprint density at radius 1 is 1.26 bits per heavy atom. The van der Waals surface area contributed by atoms with Gasteiger partial charge >= 0.3 is 5.97 Å². The van der Waals surface area contributed by atoms with Crippen LogP contribution in [0.5, 0.6) is 0 Å². The van der Waals surface area contributed by atoms with Crippen LogP contribution in [0.1, 0.15) is 20.3 Å². The van der Waals surface area contributed by atoms with Crippen LogP contribution in [0.3, 0.4) is 0 Å². The molecule has 0 saturated carbocycles. The first-order chi connectivity index (χ1) is 11.1. The van der Waals surface area contributed by atoms with Gasteiger partial charge in [-0.1, -0.05) is 13.8 Å². The highest BCUT2D eigenvalue weighted by Gasteiger charge is 2.29. The van der Waals surface area contributed by atoms with Crippen molar-refractivity contribution in [1.82, 2.24) is 0 Å². The van der Waals surface area contributed by atoms with Crippen LogP contribution >= 0.6 is 12.9 Å². The average Bonchev–Trinajstić information content (AvgIpc) is 2.62. The van der Waals surface area contributed by atoms with Crippen LogP contribution < -0.4 is 4.90 Å². The number of carbonyl (C=O) groups is 1. The van der Waals surface area contributed by atoms with Crippen LogP contribution in [0.15, 0.2) is 29.4 Å². The topological polar surface area (TPSA) is 59.0 Å². The van der Waals surface area contributed by atoms with E-state index < -0.39 is 0 Å². The van der Waals surface area contributed by atoms with Crippen LogP contribution in [0.2, 0.25) is 0 Å². The number of nitrogens with zero attached hydrogens (tertiary/aromatic N) is 3. The first-order valence-electron chi connectivity index (χ1n) is 7.92. The molecule has 0 aromatic heterocycles. The maximum atomic E-state index is 11.2. The SMILES string of the molecule is CC.C[N+]1(CCC(=O)OS)CCN(c2ccc(N=O)cc2)CC1. The molecule has 23 heavy (non-hydrogen) atoms. The molecule has 0 aliphatic carbocycles. The van der Waals surface area contributed by atoms with E-state index in [4.69, 9.17) is 0 Å². The summed E-state index contributed by atoms with van der Waals surface area (Å²) >= 11 is 3.52. The fourth-order valence-corrected chi connectivity index (χ4v) is 2.65. The monoisotopic (exact) mass is 340 g/mol. The minimum Gasteiger partial charge on any atom is -0.394 e. The molecule has 0 spiro atoms. The molecule has 1 aromatic carbocycles. The van der Waals surface area contributed by atoms with Gasteiger partial charge in [0, 0.05) is 18.6 Å². The quantitative estimate of drug-likeness (QED) is 0.387. The van der Waals surface area contributed by atoms with E-state index in [0.29, 0.717) is 12.1 Å². The van der Waals surface area contributed by atoms with Gasteiger partial charge in [-0.3, -0.25) is 4.79 Å². The van der Waals surface area contributed by atoms with Crippen molar-refractivity contribution in [2.45, 2.75) is 20.3 Å². The number of quaternary nitrogens is 1. The molecule has 0 bridgehead atoms. The first-order valence-corrected chi connectivity index (χ1v) is 8.29. The predicted molar refractivity (Wildman–Crippen MR) is 95.9 cm³/mol. The summed E-state index contributed by atoms with van der Waals surface area (Å²) in [4.78, 5) is 23.9. The number of rotatable bonds is 5. The molecule has 2 rings (SSSR count). The highest BCUT2D eigenvalue weighted by Crippen LogP contribution is 2.22. The van der Waals surface area contributed by atoms with E-state index in [1.807, 2.05) is 26.0 Å². The normalized spacial score (nSPS) is 16.1. The maximum Gasteiger partial charge on any atom is 0.323 e. The van der Waals surface area contributed by atoms with Gasteiger partial charge in [0.15, 0.2) is 0 Å². The number of benzene rings is 1. The highest BCUT2D eigenvalue weighted by molar-refractivity contribution is 7.75. The Morgan fingerprint density at radius 3 is 2.30 bits per heavy atom. The Kier molecular flexibility index (Phi) is 8.05. The number of carbonyl (C=O) groups excluding carboxylic acids is 1. The molecule has 1 aromatic rings. The van der Waals surface area contributed by atoms with Crippen molar-refractivity contribution >= 4 is 30.3 Å². The van der Waals surface area contributed by atoms with E-state index in [9.17, 15) is 9.70 Å². The van der Waals surface area contributed by atoms with E-state index in [1.165, 1.54) is 0 Å². The average molecular weight is 340 g/mol. The lowest BCUT2D eigenvalue weighted by atomic mass is 10.2. The Labute approximate surface area is 143 Å². The van der Waals surface area contributed by atoms with Gasteiger partial charge in [-0.05, 0) is 29.4 Å². The lowest BCUT2D eigenvalue weighted by Crippen LogP contribution is -2.58. The maximum absolute atomic E-state index is 11.2. The third kappa shape index (κ3) is 5.84. The van der Waals surface area contributed by atoms with Gasteiger partial charge in [0.1, 0.15) is 5.69 Å². The lowest BCUT2D eigenvalue weighted by molar-refractivity contribution is -0.909. The molecule has 7 heteroatoms. The van der Waals surface area contributed by atoms with Crippen molar-refractivity contribution in [2.24, 2.45) is 5.18 Å². The van der Waals surface area contributed by atoms with Gasteiger partial charge in [-0.25, -0.2) is 0 Å². The zero-order valence-corrected chi connectivity index (χ0v) is 15.0. The van der Waals surface area contributed by atoms with E-state index in [-0.39, 0.29) is 5.97 Å². The van der Waals surface area contributed by atoms with Crippen LogP contribution in [0.25, 0.3) is 0 Å². The molecule has 1 aliphatic rings. The molecule has 128 valence electrons. The smallest absolute Gasteiger partial charge is 0.323 e. The number of hydrogen-bond acceptors (Lipinski definition) is 6. The number of hydrogen-bond donors (Lipinski definition) is 1. The second kappa shape index (κ2) is 9.52. The Balaban J connectivity index is 0.00000127. The van der Waals surface area contributed by atoms with Gasteiger partial charge in [0.05, 0.1) is 46.2 Å². The van der Waals surface area contributed by atoms with Crippen molar-refractivity contribution in [2.75, 3.05) is 44.7 Å². The molecule has 6 nitrogen and oxygen atoms in total. The molecule has 0 radical (unpaired) electrons. The molecule has 1 fully saturated rings. The van der Waals surface area contributed by atoms with E-state index in [1.54, 1.807) is 12.1 Å².